The molecule has 3 unspecified atom stereocenters. The second kappa shape index (κ2) is 23.7. The van der Waals surface area contributed by atoms with Crippen LogP contribution in [0.3, 0.4) is 0 Å². The van der Waals surface area contributed by atoms with E-state index in [9.17, 15) is 5.11 Å². The molecule has 7 saturated carbocycles. The third kappa shape index (κ3) is 15.3. The Bertz CT molecular complexity index is 1210. The quantitative estimate of drug-likeness (QED) is 0.302. The van der Waals surface area contributed by atoms with Crippen molar-refractivity contribution in [2.24, 2.45) is 35.5 Å². The predicted molar refractivity (Wildman–Crippen MR) is 245 cm³/mol. The van der Waals surface area contributed by atoms with Crippen molar-refractivity contribution in [3.8, 4) is 11.8 Å². The number of aliphatic hydroxyl groups excluding tert-OH is 1. The van der Waals surface area contributed by atoms with Crippen LogP contribution in [-0.4, -0.2) is 33.4 Å². The van der Waals surface area contributed by atoms with E-state index in [1.807, 2.05) is 18.3 Å². The predicted octanol–water partition coefficient (Wildman–Crippen LogP) is 10.4. The normalized spacial score (nSPS) is 33.1. The number of nitrogens with zero attached hydrogens (tertiary/aromatic N) is 2. The second-order valence-electron chi connectivity index (χ2n) is 15.3. The summed E-state index contributed by atoms with van der Waals surface area (Å²) in [4.78, 5) is 8.64. The van der Waals surface area contributed by atoms with Gasteiger partial charge in [-0.1, -0.05) is 54.5 Å². The molecule has 7 fully saturated rings. The van der Waals surface area contributed by atoms with Crippen LogP contribution in [0.2, 0.25) is 0 Å². The Kier molecular flexibility index (Phi) is 21.5. The molecule has 49 heavy (non-hydrogen) atoms. The van der Waals surface area contributed by atoms with Crippen LogP contribution in [0.15, 0.2) is 41.1 Å². The first kappa shape index (κ1) is 44.4. The number of aliphatic hydroxyl groups is 1. The Labute approximate surface area is 373 Å². The van der Waals surface area contributed by atoms with Gasteiger partial charge in [0.25, 0.3) is 0 Å². The van der Waals surface area contributed by atoms with Gasteiger partial charge in [-0.25, -0.2) is 9.97 Å². The van der Waals surface area contributed by atoms with Crippen molar-refractivity contribution in [3.63, 3.8) is 0 Å². The molecule has 5 nitrogen and oxygen atoms in total. The second-order valence-corrected chi connectivity index (χ2v) is 32.4. The van der Waals surface area contributed by atoms with Crippen LogP contribution in [0.4, 0.5) is 0 Å². The van der Waals surface area contributed by atoms with Crippen molar-refractivity contribution in [1.29, 1.82) is 0 Å². The summed E-state index contributed by atoms with van der Waals surface area (Å²) in [5.74, 6) is 7.88. The number of hydrogen-bond donors (Lipinski definition) is 1. The van der Waals surface area contributed by atoms with E-state index >= 15 is 0 Å². The summed E-state index contributed by atoms with van der Waals surface area (Å²) in [5, 5.41) is 9.29. The van der Waals surface area contributed by atoms with Crippen LogP contribution in [-0.2, 0) is 0 Å². The van der Waals surface area contributed by atoms with E-state index in [0.29, 0.717) is 25.5 Å². The van der Waals surface area contributed by atoms with Crippen LogP contribution < -0.4 is 22.7 Å². The summed E-state index contributed by atoms with van der Waals surface area (Å²) in [5.41, 5.74) is 1.43. The summed E-state index contributed by atoms with van der Waals surface area (Å²) in [7, 11) is 0. The molecule has 0 spiro atoms. The smallest absolute Gasteiger partial charge is 0.213 e. The Morgan fingerprint density at radius 3 is 1.41 bits per heavy atom. The fourth-order valence-electron chi connectivity index (χ4n) is 9.51. The molecule has 7 aliphatic rings. The number of fused-ring (bicyclic) bond motifs is 6. The van der Waals surface area contributed by atoms with Crippen molar-refractivity contribution >= 4 is 114 Å². The maximum atomic E-state index is 9.29. The number of ether oxygens (including phenoxy) is 2. The molecule has 9 atom stereocenters. The van der Waals surface area contributed by atoms with E-state index in [1.165, 1.54) is 102 Å². The fraction of sp³-hybridized carbons (Fsp3) is 0.730. The summed E-state index contributed by atoms with van der Waals surface area (Å²) in [6, 6.07) is 8.21. The monoisotopic (exact) mass is 1410 g/mol. The molecule has 0 aromatic carbocycles. The average molecular weight is 1410 g/mol. The number of pyridine rings is 2. The molecule has 6 bridgehead atoms. The van der Waals surface area contributed by atoms with Gasteiger partial charge in [0.15, 0.2) is 0 Å². The Morgan fingerprint density at radius 1 is 0.612 bits per heavy atom. The van der Waals surface area contributed by atoms with E-state index in [2.05, 4.69) is 112 Å². The van der Waals surface area contributed by atoms with Crippen molar-refractivity contribution in [3.05, 3.63) is 46.7 Å². The third-order valence-electron chi connectivity index (χ3n) is 11.6. The maximum Gasteiger partial charge on any atom is 0.213 e. The van der Waals surface area contributed by atoms with Crippen LogP contribution in [0.5, 0.6) is 11.8 Å². The zero-order chi connectivity index (χ0) is 33.9. The van der Waals surface area contributed by atoms with Gasteiger partial charge in [0.2, 0.25) is 11.8 Å². The minimum atomic E-state index is 0. The van der Waals surface area contributed by atoms with Crippen molar-refractivity contribution < 1.29 is 27.8 Å². The van der Waals surface area contributed by atoms with E-state index < -0.39 is 0 Å². The topological polar surface area (TPSA) is 64.5 Å². The molecule has 2 aromatic rings. The maximum absolute atomic E-state index is 9.29. The minimum Gasteiger partial charge on any atom is -0.474 e. The van der Waals surface area contributed by atoms with Crippen molar-refractivity contribution in [1.82, 2.24) is 9.97 Å². The summed E-state index contributed by atoms with van der Waals surface area (Å²) in [6.07, 6.45) is 27.2. The molecule has 0 saturated heterocycles. The van der Waals surface area contributed by atoms with Crippen LogP contribution in [0, 0.1) is 35.5 Å². The summed E-state index contributed by atoms with van der Waals surface area (Å²) in [6.45, 7) is 0. The SMILES string of the molecule is Brc1ccnc(OC2C[C@H]3CC[C@@H](C2)C3)c1.I.II.I[I-]I.OC1C[C@H]2CC[C@@H](C1)C2.c1cc(C2CC2)cc(OC2C[C@H]3CC[C@@H](C2)C3)n1. The Balaban J connectivity index is 0.000000160. The van der Waals surface area contributed by atoms with Gasteiger partial charge in [0, 0.05) is 66.2 Å². The van der Waals surface area contributed by atoms with E-state index in [4.69, 9.17) is 9.47 Å². The van der Waals surface area contributed by atoms with Gasteiger partial charge in [0.1, 0.15) is 12.2 Å². The largest absolute Gasteiger partial charge is 0.474 e. The number of halogens is 7. The van der Waals surface area contributed by atoms with Gasteiger partial charge in [-0.2, -0.15) is 0 Å². The molecule has 7 aliphatic carbocycles. The first-order chi connectivity index (χ1) is 23.4. The van der Waals surface area contributed by atoms with Crippen molar-refractivity contribution in [2.45, 2.75) is 133 Å². The third-order valence-corrected chi connectivity index (χ3v) is 12.1. The van der Waals surface area contributed by atoms with Gasteiger partial charge >= 0.3 is 50.5 Å². The van der Waals surface area contributed by atoms with Crippen LogP contribution in [0.25, 0.3) is 0 Å². The Morgan fingerprint density at radius 2 is 1.00 bits per heavy atom. The van der Waals surface area contributed by atoms with Gasteiger partial charge < -0.3 is 14.6 Å². The first-order valence-corrected chi connectivity index (χ1v) is 37.7. The van der Waals surface area contributed by atoms with E-state index in [-0.39, 0.29) is 30.1 Å². The molecular formula is C37H52BrI6N2O3-. The number of hydrogen-bond acceptors (Lipinski definition) is 5. The fourth-order valence-corrected chi connectivity index (χ4v) is 9.82. The number of rotatable bonds is 5. The summed E-state index contributed by atoms with van der Waals surface area (Å²) >= 11 is 13.0. The van der Waals surface area contributed by atoms with Crippen LogP contribution >= 0.6 is 114 Å². The standard InChI is InChI=1S/C16H21NO.C13H16BrNO.C8H14O.I3.I2.HI/c1-2-12-7-11(1)8-15(9-12)18-16-10-14(5-6-17-16)13-3-4-13;14-11-3-4-15-13(8-11)16-12-6-9-1-2-10(5-9)7-12;9-8-4-6-1-2-7(3-6)5-8;1-3-2;1-2;/h5-6,10-13,15H,1-4,7-9H2;3-4,8-10,12H,1-2,5-7H2;6-9H,1-5H2;;;1H/q;;;-1;;/t11-,12+,15?;9-,10+,12?;6-,7+,8?;;;. The molecular weight excluding hydrogens is 1360 g/mol. The minimum absolute atomic E-state index is 0. The van der Waals surface area contributed by atoms with Gasteiger partial charge in [0.05, 0.1) is 6.10 Å². The van der Waals surface area contributed by atoms with E-state index in [1.54, 1.807) is 6.20 Å². The number of aromatic nitrogens is 2. The van der Waals surface area contributed by atoms with Crippen LogP contribution in [0.1, 0.15) is 121 Å². The average Bonchev–Trinajstić information content (AvgIpc) is 3.70. The molecule has 0 radical (unpaired) electrons. The van der Waals surface area contributed by atoms with Gasteiger partial charge in [-0.05, 0) is 130 Å². The molecule has 2 heterocycles. The molecule has 12 heteroatoms. The molecule has 2 aromatic heterocycles. The zero-order valence-corrected chi connectivity index (χ0v) is 42.8. The molecule has 1 N–H and O–H groups in total. The molecule has 278 valence electrons. The first-order valence-electron chi connectivity index (χ1n) is 18.0. The van der Waals surface area contributed by atoms with E-state index in [0.717, 1.165) is 70.5 Å². The Hall–Kier alpha value is 2.72. The molecule has 0 amide bonds. The summed E-state index contributed by atoms with van der Waals surface area (Å²) < 4.78 is 13.2. The molecule has 9 rings (SSSR count). The van der Waals surface area contributed by atoms with Gasteiger partial charge in [-0.15, -0.1) is 24.0 Å². The van der Waals surface area contributed by atoms with Gasteiger partial charge in [-0.3, -0.25) is 0 Å². The molecule has 0 aliphatic heterocycles. The van der Waals surface area contributed by atoms with Crippen molar-refractivity contribution in [2.75, 3.05) is 0 Å². The zero-order valence-electron chi connectivity index (χ0n) is 28.1.